The highest BCUT2D eigenvalue weighted by atomic mass is 35.5. The first-order valence-corrected chi connectivity index (χ1v) is 6.01. The average Bonchev–Trinajstić information content (AvgIpc) is 2.78. The van der Waals surface area contributed by atoms with E-state index in [1.807, 2.05) is 0 Å². The Kier molecular flexibility index (Phi) is 5.29. The molecule has 0 spiro atoms. The van der Waals surface area contributed by atoms with Crippen LogP contribution in [0.3, 0.4) is 0 Å². The number of rotatable bonds is 3. The standard InChI is InChI=1S/C12H15N3O4.ClH/c13-8-2-1-7(5-8)12(17)14-10-6-9(15(18)19)3-4-11(10)16;/h3-4,6-8,16H,1-2,5,13H2,(H,14,17);1H. The van der Waals surface area contributed by atoms with Crippen LogP contribution >= 0.6 is 12.4 Å². The van der Waals surface area contributed by atoms with E-state index in [4.69, 9.17) is 5.73 Å². The Morgan fingerprint density at radius 2 is 2.15 bits per heavy atom. The van der Waals surface area contributed by atoms with Gasteiger partial charge in [0.2, 0.25) is 5.91 Å². The summed E-state index contributed by atoms with van der Waals surface area (Å²) in [5.74, 6) is -0.654. The smallest absolute Gasteiger partial charge is 0.271 e. The quantitative estimate of drug-likeness (QED) is 0.447. The van der Waals surface area contributed by atoms with Gasteiger partial charge in [-0.25, -0.2) is 0 Å². The van der Waals surface area contributed by atoms with Crippen LogP contribution in [0.25, 0.3) is 0 Å². The van der Waals surface area contributed by atoms with Crippen molar-refractivity contribution in [2.75, 3.05) is 5.32 Å². The number of carbonyl (C=O) groups is 1. The number of anilines is 1. The lowest BCUT2D eigenvalue weighted by molar-refractivity contribution is -0.384. The van der Waals surface area contributed by atoms with Gasteiger partial charge < -0.3 is 16.2 Å². The van der Waals surface area contributed by atoms with Crippen molar-refractivity contribution >= 4 is 29.7 Å². The number of carbonyl (C=O) groups excluding carboxylic acids is 1. The molecule has 1 aliphatic carbocycles. The number of halogens is 1. The molecule has 110 valence electrons. The Labute approximate surface area is 121 Å². The van der Waals surface area contributed by atoms with Crippen molar-refractivity contribution in [2.45, 2.75) is 25.3 Å². The summed E-state index contributed by atoms with van der Waals surface area (Å²) < 4.78 is 0. The molecular weight excluding hydrogens is 286 g/mol. The van der Waals surface area contributed by atoms with Gasteiger partial charge in [-0.2, -0.15) is 0 Å². The summed E-state index contributed by atoms with van der Waals surface area (Å²) in [4.78, 5) is 22.0. The largest absolute Gasteiger partial charge is 0.506 e. The molecule has 0 radical (unpaired) electrons. The number of nitro groups is 1. The highest BCUT2D eigenvalue weighted by Crippen LogP contribution is 2.30. The molecule has 0 bridgehead atoms. The molecule has 7 nitrogen and oxygen atoms in total. The van der Waals surface area contributed by atoms with E-state index in [1.165, 1.54) is 12.1 Å². The zero-order valence-electron chi connectivity index (χ0n) is 10.6. The Balaban J connectivity index is 0.00000200. The molecule has 0 saturated heterocycles. The summed E-state index contributed by atoms with van der Waals surface area (Å²) in [5, 5.41) is 22.8. The lowest BCUT2D eigenvalue weighted by Crippen LogP contribution is -2.23. The summed E-state index contributed by atoms with van der Waals surface area (Å²) in [5.41, 5.74) is 5.60. The van der Waals surface area contributed by atoms with Crippen molar-refractivity contribution < 1.29 is 14.8 Å². The summed E-state index contributed by atoms with van der Waals surface area (Å²) in [6.45, 7) is 0. The minimum atomic E-state index is -0.583. The van der Waals surface area contributed by atoms with Crippen LogP contribution < -0.4 is 11.1 Å². The Bertz CT molecular complexity index is 523. The first kappa shape index (κ1) is 16.2. The molecule has 1 saturated carbocycles. The fraction of sp³-hybridized carbons (Fsp3) is 0.417. The third-order valence-electron chi connectivity index (χ3n) is 3.29. The normalized spacial score (nSPS) is 21.1. The van der Waals surface area contributed by atoms with E-state index in [9.17, 15) is 20.0 Å². The fourth-order valence-electron chi connectivity index (χ4n) is 2.23. The minimum Gasteiger partial charge on any atom is -0.506 e. The highest BCUT2D eigenvalue weighted by molar-refractivity contribution is 5.94. The first-order chi connectivity index (χ1) is 8.97. The molecule has 2 unspecified atom stereocenters. The number of amides is 1. The van der Waals surface area contributed by atoms with E-state index in [0.29, 0.717) is 12.8 Å². The van der Waals surface area contributed by atoms with Gasteiger partial charge in [0.15, 0.2) is 0 Å². The van der Waals surface area contributed by atoms with E-state index < -0.39 is 4.92 Å². The van der Waals surface area contributed by atoms with Crippen LogP contribution in [0.5, 0.6) is 5.75 Å². The van der Waals surface area contributed by atoms with Gasteiger partial charge in [0, 0.05) is 24.1 Å². The molecule has 1 aromatic carbocycles. The van der Waals surface area contributed by atoms with Gasteiger partial charge in [-0.15, -0.1) is 12.4 Å². The minimum absolute atomic E-state index is 0. The molecule has 0 heterocycles. The fourth-order valence-corrected chi connectivity index (χ4v) is 2.23. The SMILES string of the molecule is Cl.NC1CCC(C(=O)Nc2cc([N+](=O)[O-])ccc2O)C1. The van der Waals surface area contributed by atoms with Gasteiger partial charge in [-0.1, -0.05) is 0 Å². The van der Waals surface area contributed by atoms with Crippen molar-refractivity contribution in [2.24, 2.45) is 11.7 Å². The summed E-state index contributed by atoms with van der Waals surface area (Å²) >= 11 is 0. The second-order valence-electron chi connectivity index (χ2n) is 4.72. The zero-order valence-corrected chi connectivity index (χ0v) is 11.4. The Morgan fingerprint density at radius 3 is 2.70 bits per heavy atom. The number of nitrogens with zero attached hydrogens (tertiary/aromatic N) is 1. The average molecular weight is 302 g/mol. The van der Waals surface area contributed by atoms with Crippen LogP contribution in [0.4, 0.5) is 11.4 Å². The monoisotopic (exact) mass is 301 g/mol. The number of nitrogens with one attached hydrogen (secondary N) is 1. The molecule has 0 aliphatic heterocycles. The van der Waals surface area contributed by atoms with E-state index in [1.54, 1.807) is 0 Å². The van der Waals surface area contributed by atoms with Crippen molar-refractivity contribution in [1.82, 2.24) is 0 Å². The molecule has 1 fully saturated rings. The molecule has 1 aromatic rings. The predicted molar refractivity (Wildman–Crippen MR) is 76.0 cm³/mol. The third-order valence-corrected chi connectivity index (χ3v) is 3.29. The summed E-state index contributed by atoms with van der Waals surface area (Å²) in [6, 6.07) is 3.53. The lowest BCUT2D eigenvalue weighted by Gasteiger charge is -2.11. The van der Waals surface area contributed by atoms with Crippen LogP contribution in [0.1, 0.15) is 19.3 Å². The number of phenols is 1. The van der Waals surface area contributed by atoms with Crippen molar-refractivity contribution in [3.8, 4) is 5.75 Å². The first-order valence-electron chi connectivity index (χ1n) is 6.01. The number of nitro benzene ring substituents is 1. The van der Waals surface area contributed by atoms with E-state index in [-0.39, 0.29) is 47.4 Å². The molecule has 4 N–H and O–H groups in total. The zero-order chi connectivity index (χ0) is 14.0. The predicted octanol–water partition coefficient (Wildman–Crippen LogP) is 1.79. The number of hydrogen-bond acceptors (Lipinski definition) is 5. The van der Waals surface area contributed by atoms with Crippen LogP contribution in [0.15, 0.2) is 18.2 Å². The van der Waals surface area contributed by atoms with Crippen LogP contribution in [-0.4, -0.2) is 22.0 Å². The van der Waals surface area contributed by atoms with Gasteiger partial charge in [0.1, 0.15) is 5.75 Å². The third kappa shape index (κ3) is 3.58. The number of non-ortho nitro benzene ring substituents is 1. The topological polar surface area (TPSA) is 118 Å². The molecule has 2 rings (SSSR count). The molecule has 1 amide bonds. The maximum absolute atomic E-state index is 11.9. The molecular formula is C12H16ClN3O4. The van der Waals surface area contributed by atoms with Crippen molar-refractivity contribution in [3.63, 3.8) is 0 Å². The van der Waals surface area contributed by atoms with Gasteiger partial charge in [-0.3, -0.25) is 14.9 Å². The number of nitrogens with two attached hydrogens (primary N) is 1. The Morgan fingerprint density at radius 1 is 1.45 bits per heavy atom. The maximum atomic E-state index is 11.9. The molecule has 8 heteroatoms. The number of phenolic OH excluding ortho intramolecular Hbond substituents is 1. The summed E-state index contributed by atoms with van der Waals surface area (Å²) in [7, 11) is 0. The van der Waals surface area contributed by atoms with Crippen molar-refractivity contribution in [3.05, 3.63) is 28.3 Å². The lowest BCUT2D eigenvalue weighted by atomic mass is 10.1. The summed E-state index contributed by atoms with van der Waals surface area (Å²) in [6.07, 6.45) is 2.09. The van der Waals surface area contributed by atoms with Gasteiger partial charge in [-0.05, 0) is 25.3 Å². The number of benzene rings is 1. The molecule has 1 aliphatic rings. The second-order valence-corrected chi connectivity index (χ2v) is 4.72. The van der Waals surface area contributed by atoms with Crippen LogP contribution in [0.2, 0.25) is 0 Å². The van der Waals surface area contributed by atoms with Gasteiger partial charge in [0.25, 0.3) is 5.69 Å². The molecule has 2 atom stereocenters. The molecule has 0 aromatic heterocycles. The maximum Gasteiger partial charge on any atom is 0.271 e. The van der Waals surface area contributed by atoms with E-state index in [2.05, 4.69) is 5.32 Å². The molecule has 20 heavy (non-hydrogen) atoms. The van der Waals surface area contributed by atoms with Gasteiger partial charge in [0.05, 0.1) is 10.6 Å². The van der Waals surface area contributed by atoms with Crippen LogP contribution in [-0.2, 0) is 4.79 Å². The van der Waals surface area contributed by atoms with Crippen molar-refractivity contribution in [1.29, 1.82) is 0 Å². The second kappa shape index (κ2) is 6.53. The number of aromatic hydroxyl groups is 1. The van der Waals surface area contributed by atoms with Gasteiger partial charge >= 0.3 is 0 Å². The Hall–Kier alpha value is -1.86. The van der Waals surface area contributed by atoms with E-state index in [0.717, 1.165) is 12.5 Å². The number of hydrogen-bond donors (Lipinski definition) is 3. The highest BCUT2D eigenvalue weighted by Gasteiger charge is 2.28. The van der Waals surface area contributed by atoms with Crippen LogP contribution in [0, 0.1) is 16.0 Å². The van der Waals surface area contributed by atoms with E-state index >= 15 is 0 Å².